The van der Waals surface area contributed by atoms with Gasteiger partial charge in [0, 0.05) is 31.1 Å². The van der Waals surface area contributed by atoms with Crippen LogP contribution in [0.2, 0.25) is 0 Å². The summed E-state index contributed by atoms with van der Waals surface area (Å²) < 4.78 is 30.2. The zero-order valence-electron chi connectivity index (χ0n) is 14.2. The molecular formula is C16H24N4O3S. The van der Waals surface area contributed by atoms with Gasteiger partial charge in [0.2, 0.25) is 10.0 Å². The lowest BCUT2D eigenvalue weighted by Gasteiger charge is -2.11. The molecule has 0 bridgehead atoms. The number of aryl methyl sites for hydroxylation is 1. The van der Waals surface area contributed by atoms with Crippen LogP contribution in [0.1, 0.15) is 17.7 Å². The first-order valence-electron chi connectivity index (χ1n) is 7.77. The highest BCUT2D eigenvalue weighted by atomic mass is 32.2. The summed E-state index contributed by atoms with van der Waals surface area (Å²) in [6.45, 7) is 3.57. The third-order valence-electron chi connectivity index (χ3n) is 3.59. The van der Waals surface area contributed by atoms with Gasteiger partial charge >= 0.3 is 0 Å². The van der Waals surface area contributed by atoms with E-state index in [0.29, 0.717) is 32.0 Å². The first kappa shape index (κ1) is 18.3. The lowest BCUT2D eigenvalue weighted by atomic mass is 10.1. The summed E-state index contributed by atoms with van der Waals surface area (Å²) in [7, 11) is -1.44. The van der Waals surface area contributed by atoms with E-state index in [0.717, 1.165) is 28.5 Å². The topological polar surface area (TPSA) is 95.7 Å². The lowest BCUT2D eigenvalue weighted by Crippen LogP contribution is -2.38. The van der Waals surface area contributed by atoms with E-state index in [2.05, 4.69) is 20.3 Å². The van der Waals surface area contributed by atoms with E-state index in [9.17, 15) is 8.42 Å². The van der Waals surface area contributed by atoms with Gasteiger partial charge in [0.25, 0.3) is 0 Å². The van der Waals surface area contributed by atoms with Crippen LogP contribution in [0, 0.1) is 6.92 Å². The van der Waals surface area contributed by atoms with Crippen LogP contribution >= 0.6 is 0 Å². The van der Waals surface area contributed by atoms with E-state index in [1.165, 1.54) is 0 Å². The monoisotopic (exact) mass is 352 g/mol. The first-order valence-corrected chi connectivity index (χ1v) is 9.66. The second kappa shape index (κ2) is 8.16. The fraction of sp³-hybridized carbons (Fsp3) is 0.438. The number of para-hydroxylation sites is 1. The summed E-state index contributed by atoms with van der Waals surface area (Å²) >= 11 is 0. The smallest absolute Gasteiger partial charge is 0.208 e. The zero-order valence-corrected chi connectivity index (χ0v) is 15.0. The van der Waals surface area contributed by atoms with E-state index >= 15 is 0 Å². The number of nitrogens with one attached hydrogen (secondary N) is 3. The van der Waals surface area contributed by atoms with Gasteiger partial charge in [-0.1, -0.05) is 18.2 Å². The highest BCUT2D eigenvalue weighted by molar-refractivity contribution is 7.88. The van der Waals surface area contributed by atoms with Gasteiger partial charge < -0.3 is 15.1 Å². The molecule has 0 aliphatic heterocycles. The summed E-state index contributed by atoms with van der Waals surface area (Å²) in [5.74, 6) is 1.52. The quantitative estimate of drug-likeness (QED) is 0.397. The largest absolute Gasteiger partial charge is 0.459 e. The number of hydrogen-bond acceptors (Lipinski definition) is 4. The number of rotatable bonds is 7. The molecule has 2 rings (SSSR count). The van der Waals surface area contributed by atoms with Crippen molar-refractivity contribution >= 4 is 27.0 Å². The van der Waals surface area contributed by atoms with Crippen molar-refractivity contribution in [2.75, 3.05) is 26.4 Å². The lowest BCUT2D eigenvalue weighted by molar-refractivity contribution is 0.534. The number of aliphatic imine (C=N–C) groups is 1. The molecule has 0 saturated carbocycles. The van der Waals surface area contributed by atoms with Gasteiger partial charge in [0.15, 0.2) is 5.96 Å². The Morgan fingerprint density at radius 3 is 2.62 bits per heavy atom. The molecule has 0 spiro atoms. The molecule has 0 fully saturated rings. The molecule has 1 aromatic heterocycles. The molecule has 0 saturated heterocycles. The zero-order chi connectivity index (χ0) is 17.6. The first-order chi connectivity index (χ1) is 11.4. The van der Waals surface area contributed by atoms with Gasteiger partial charge in [0.05, 0.1) is 12.8 Å². The molecule has 8 heteroatoms. The summed E-state index contributed by atoms with van der Waals surface area (Å²) in [5, 5.41) is 7.46. The molecule has 0 atom stereocenters. The molecule has 0 aliphatic rings. The average Bonchev–Trinajstić information content (AvgIpc) is 2.86. The SMILES string of the molecule is CN=C(NCCCNS(C)(=O)=O)NCc1oc2ccccc2c1C. The molecule has 3 N–H and O–H groups in total. The van der Waals surface area contributed by atoms with Gasteiger partial charge in [-0.2, -0.15) is 0 Å². The summed E-state index contributed by atoms with van der Waals surface area (Å²) in [6, 6.07) is 7.94. The molecule has 132 valence electrons. The Balaban J connectivity index is 1.82. The minimum atomic E-state index is -3.13. The van der Waals surface area contributed by atoms with Gasteiger partial charge in [-0.3, -0.25) is 4.99 Å². The number of sulfonamides is 1. The normalized spacial score (nSPS) is 12.5. The molecule has 24 heavy (non-hydrogen) atoms. The summed E-state index contributed by atoms with van der Waals surface area (Å²) in [4.78, 5) is 4.15. The molecule has 2 aromatic rings. The van der Waals surface area contributed by atoms with Crippen LogP contribution in [0.5, 0.6) is 0 Å². The Morgan fingerprint density at radius 2 is 1.96 bits per heavy atom. The predicted octanol–water partition coefficient (Wildman–Crippen LogP) is 1.35. The molecule has 0 aliphatic carbocycles. The van der Waals surface area contributed by atoms with Crippen molar-refractivity contribution in [1.29, 1.82) is 0 Å². The van der Waals surface area contributed by atoms with Crippen molar-refractivity contribution < 1.29 is 12.8 Å². The van der Waals surface area contributed by atoms with Crippen LogP contribution < -0.4 is 15.4 Å². The maximum Gasteiger partial charge on any atom is 0.208 e. The second-order valence-electron chi connectivity index (χ2n) is 5.52. The van der Waals surface area contributed by atoms with Gasteiger partial charge in [-0.05, 0) is 19.4 Å². The Labute approximate surface area is 142 Å². The Morgan fingerprint density at radius 1 is 1.21 bits per heavy atom. The van der Waals surface area contributed by atoms with E-state index < -0.39 is 10.0 Å². The van der Waals surface area contributed by atoms with Gasteiger partial charge in [0.1, 0.15) is 11.3 Å². The van der Waals surface area contributed by atoms with Crippen LogP contribution in [0.15, 0.2) is 33.7 Å². The number of guanidine groups is 1. The molecule has 1 heterocycles. The minimum Gasteiger partial charge on any atom is -0.459 e. The predicted molar refractivity (Wildman–Crippen MR) is 96.6 cm³/mol. The highest BCUT2D eigenvalue weighted by Gasteiger charge is 2.10. The Bertz CT molecular complexity index is 812. The van der Waals surface area contributed by atoms with Crippen molar-refractivity contribution in [1.82, 2.24) is 15.4 Å². The summed E-state index contributed by atoms with van der Waals surface area (Å²) in [5.41, 5.74) is 1.99. The molecule has 0 unspecified atom stereocenters. The van der Waals surface area contributed by atoms with Crippen molar-refractivity contribution in [2.45, 2.75) is 19.9 Å². The molecular weight excluding hydrogens is 328 g/mol. The summed E-state index contributed by atoms with van der Waals surface area (Å²) in [6.07, 6.45) is 1.81. The average molecular weight is 352 g/mol. The van der Waals surface area contributed by atoms with Crippen LogP contribution in [0.25, 0.3) is 11.0 Å². The van der Waals surface area contributed by atoms with Crippen LogP contribution in [-0.4, -0.2) is 40.8 Å². The third kappa shape index (κ3) is 5.24. The highest BCUT2D eigenvalue weighted by Crippen LogP contribution is 2.24. The fourth-order valence-corrected chi connectivity index (χ4v) is 2.85. The van der Waals surface area contributed by atoms with E-state index in [4.69, 9.17) is 4.42 Å². The van der Waals surface area contributed by atoms with Gasteiger partial charge in [-0.25, -0.2) is 13.1 Å². The van der Waals surface area contributed by atoms with Crippen LogP contribution in [-0.2, 0) is 16.6 Å². The minimum absolute atomic E-state index is 0.394. The fourth-order valence-electron chi connectivity index (χ4n) is 2.33. The maximum absolute atomic E-state index is 11.0. The van der Waals surface area contributed by atoms with E-state index in [1.807, 2.05) is 31.2 Å². The second-order valence-corrected chi connectivity index (χ2v) is 7.35. The van der Waals surface area contributed by atoms with Crippen molar-refractivity contribution in [2.24, 2.45) is 4.99 Å². The third-order valence-corrected chi connectivity index (χ3v) is 4.32. The van der Waals surface area contributed by atoms with Crippen molar-refractivity contribution in [3.63, 3.8) is 0 Å². The van der Waals surface area contributed by atoms with E-state index in [-0.39, 0.29) is 0 Å². The van der Waals surface area contributed by atoms with Crippen LogP contribution in [0.4, 0.5) is 0 Å². The number of hydrogen-bond donors (Lipinski definition) is 3. The molecule has 1 aromatic carbocycles. The standard InChI is InChI=1S/C16H24N4O3S/c1-12-13-7-4-5-8-14(13)23-15(12)11-19-16(17-2)18-9-6-10-20-24(3,21)22/h4-5,7-8,20H,6,9-11H2,1-3H3,(H2,17,18,19). The number of furan rings is 1. The van der Waals surface area contributed by atoms with Gasteiger partial charge in [-0.15, -0.1) is 0 Å². The Hall–Kier alpha value is -2.06. The number of fused-ring (bicyclic) bond motifs is 1. The molecule has 0 radical (unpaired) electrons. The number of benzene rings is 1. The maximum atomic E-state index is 11.0. The molecule has 7 nitrogen and oxygen atoms in total. The number of nitrogens with zero attached hydrogens (tertiary/aromatic N) is 1. The van der Waals surface area contributed by atoms with Crippen molar-refractivity contribution in [3.8, 4) is 0 Å². The molecule has 0 amide bonds. The Kier molecular flexibility index (Phi) is 6.22. The van der Waals surface area contributed by atoms with E-state index in [1.54, 1.807) is 7.05 Å². The van der Waals surface area contributed by atoms with Crippen molar-refractivity contribution in [3.05, 3.63) is 35.6 Å². The van der Waals surface area contributed by atoms with Crippen LogP contribution in [0.3, 0.4) is 0 Å².